The van der Waals surface area contributed by atoms with Gasteiger partial charge in [-0.1, -0.05) is 18.9 Å². The molecule has 2 unspecified atom stereocenters. The van der Waals surface area contributed by atoms with Crippen LogP contribution in [0, 0.1) is 5.92 Å². The summed E-state index contributed by atoms with van der Waals surface area (Å²) in [6.07, 6.45) is 6.62. The number of hydrogen-bond acceptors (Lipinski definition) is 3. The Morgan fingerprint density at radius 2 is 2.19 bits per heavy atom. The van der Waals surface area contributed by atoms with Gasteiger partial charge in [0.05, 0.1) is 5.92 Å². The van der Waals surface area contributed by atoms with Gasteiger partial charge in [0.25, 0.3) is 0 Å². The van der Waals surface area contributed by atoms with Crippen LogP contribution < -0.4 is 5.32 Å². The van der Waals surface area contributed by atoms with Crippen LogP contribution in [-0.2, 0) is 11.3 Å². The number of aromatic nitrogens is 1. The highest BCUT2D eigenvalue weighted by molar-refractivity contribution is 5.76. The van der Waals surface area contributed by atoms with Crippen molar-refractivity contribution in [3.05, 3.63) is 30.1 Å². The third-order valence-corrected chi connectivity index (χ3v) is 3.88. The Morgan fingerprint density at radius 3 is 2.86 bits per heavy atom. The van der Waals surface area contributed by atoms with Crippen LogP contribution in [0.25, 0.3) is 0 Å². The highest BCUT2D eigenvalue weighted by atomic mass is 16.4. The number of rotatable bonds is 4. The first kappa shape index (κ1) is 15.3. The molecule has 2 atom stereocenters. The van der Waals surface area contributed by atoms with Crippen molar-refractivity contribution in [2.75, 3.05) is 7.05 Å². The van der Waals surface area contributed by atoms with Crippen molar-refractivity contribution in [2.24, 2.45) is 5.92 Å². The Kier molecular flexibility index (Phi) is 5.14. The van der Waals surface area contributed by atoms with Crippen LogP contribution in [-0.4, -0.2) is 40.1 Å². The molecule has 2 N–H and O–H groups in total. The van der Waals surface area contributed by atoms with E-state index in [1.807, 2.05) is 12.1 Å². The van der Waals surface area contributed by atoms with E-state index in [-0.39, 0.29) is 12.1 Å². The first-order valence-electron chi connectivity index (χ1n) is 7.21. The number of pyridine rings is 1. The van der Waals surface area contributed by atoms with Crippen LogP contribution in [0.15, 0.2) is 24.5 Å². The maximum absolute atomic E-state index is 12.2. The van der Waals surface area contributed by atoms with Gasteiger partial charge in [-0.15, -0.1) is 0 Å². The maximum atomic E-state index is 12.2. The zero-order valence-electron chi connectivity index (χ0n) is 12.2. The minimum absolute atomic E-state index is 0.239. The molecule has 114 valence electrons. The lowest BCUT2D eigenvalue weighted by atomic mass is 9.84. The summed E-state index contributed by atoms with van der Waals surface area (Å²) in [6, 6.07) is 3.21. The van der Waals surface area contributed by atoms with Crippen LogP contribution in [0.1, 0.15) is 31.2 Å². The number of aliphatic carboxylic acids is 1. The fourth-order valence-corrected chi connectivity index (χ4v) is 2.71. The topological polar surface area (TPSA) is 82.5 Å². The summed E-state index contributed by atoms with van der Waals surface area (Å²) in [4.78, 5) is 29.0. The van der Waals surface area contributed by atoms with E-state index in [2.05, 4.69) is 10.3 Å². The van der Waals surface area contributed by atoms with Crippen molar-refractivity contribution in [3.8, 4) is 0 Å². The molecule has 0 radical (unpaired) electrons. The lowest BCUT2D eigenvalue weighted by molar-refractivity contribution is -0.143. The zero-order valence-corrected chi connectivity index (χ0v) is 12.2. The molecule has 6 heteroatoms. The number of carboxylic acid groups (broad SMARTS) is 1. The molecular weight excluding hydrogens is 270 g/mol. The number of urea groups is 1. The van der Waals surface area contributed by atoms with Gasteiger partial charge in [-0.3, -0.25) is 9.78 Å². The molecule has 6 nitrogen and oxygen atoms in total. The first-order chi connectivity index (χ1) is 10.1. The molecular formula is C15H21N3O3. The molecule has 1 aliphatic carbocycles. The number of carbonyl (C=O) groups excluding carboxylic acids is 1. The van der Waals surface area contributed by atoms with Gasteiger partial charge in [-0.05, 0) is 24.5 Å². The molecule has 2 amide bonds. The third-order valence-electron chi connectivity index (χ3n) is 3.88. The molecule has 0 saturated heterocycles. The fraction of sp³-hybridized carbons (Fsp3) is 0.533. The van der Waals surface area contributed by atoms with Crippen LogP contribution >= 0.6 is 0 Å². The summed E-state index contributed by atoms with van der Waals surface area (Å²) in [6.45, 7) is 0.449. The molecule has 0 aliphatic heterocycles. The Balaban J connectivity index is 1.91. The van der Waals surface area contributed by atoms with Gasteiger partial charge in [-0.25, -0.2) is 4.79 Å². The maximum Gasteiger partial charge on any atom is 0.317 e. The summed E-state index contributed by atoms with van der Waals surface area (Å²) < 4.78 is 0. The van der Waals surface area contributed by atoms with Gasteiger partial charge in [-0.2, -0.15) is 0 Å². The Labute approximate surface area is 124 Å². The van der Waals surface area contributed by atoms with Crippen molar-refractivity contribution >= 4 is 12.0 Å². The minimum Gasteiger partial charge on any atom is -0.481 e. The summed E-state index contributed by atoms with van der Waals surface area (Å²) >= 11 is 0. The van der Waals surface area contributed by atoms with E-state index < -0.39 is 11.9 Å². The van der Waals surface area contributed by atoms with Crippen LogP contribution in [0.3, 0.4) is 0 Å². The smallest absolute Gasteiger partial charge is 0.317 e. The molecule has 1 fully saturated rings. The summed E-state index contributed by atoms with van der Waals surface area (Å²) in [5.74, 6) is -1.30. The van der Waals surface area contributed by atoms with E-state index in [9.17, 15) is 14.7 Å². The largest absolute Gasteiger partial charge is 0.481 e. The predicted molar refractivity (Wildman–Crippen MR) is 77.6 cm³/mol. The lowest BCUT2D eigenvalue weighted by Crippen LogP contribution is -2.49. The van der Waals surface area contributed by atoms with Crippen molar-refractivity contribution in [1.82, 2.24) is 15.2 Å². The van der Waals surface area contributed by atoms with E-state index in [4.69, 9.17) is 0 Å². The fourth-order valence-electron chi connectivity index (χ4n) is 2.71. The molecule has 1 saturated carbocycles. The SMILES string of the molecule is CN(Cc1cccnc1)C(=O)NC1CCCCC1C(=O)O. The average molecular weight is 291 g/mol. The first-order valence-corrected chi connectivity index (χ1v) is 7.21. The number of carboxylic acids is 1. The normalized spacial score (nSPS) is 21.6. The molecule has 21 heavy (non-hydrogen) atoms. The molecule has 0 aromatic carbocycles. The van der Waals surface area contributed by atoms with Crippen LogP contribution in [0.5, 0.6) is 0 Å². The standard InChI is InChI=1S/C15H21N3O3/c1-18(10-11-5-4-8-16-9-11)15(21)17-13-7-3-2-6-12(13)14(19)20/h4-5,8-9,12-13H,2-3,6-7,10H2,1H3,(H,17,21)(H,19,20). The summed E-state index contributed by atoms with van der Waals surface area (Å²) in [5.41, 5.74) is 0.938. The monoisotopic (exact) mass is 291 g/mol. The van der Waals surface area contributed by atoms with Gasteiger partial charge < -0.3 is 15.3 Å². The minimum atomic E-state index is -0.824. The number of nitrogens with one attached hydrogen (secondary N) is 1. The van der Waals surface area contributed by atoms with Crippen molar-refractivity contribution in [2.45, 2.75) is 38.3 Å². The van der Waals surface area contributed by atoms with Crippen molar-refractivity contribution in [1.29, 1.82) is 0 Å². The Hall–Kier alpha value is -2.11. The molecule has 2 rings (SSSR count). The molecule has 1 aliphatic rings. The quantitative estimate of drug-likeness (QED) is 0.887. The Bertz CT molecular complexity index is 492. The van der Waals surface area contributed by atoms with E-state index in [1.54, 1.807) is 24.3 Å². The second-order valence-electron chi connectivity index (χ2n) is 5.50. The molecule has 1 aromatic rings. The van der Waals surface area contributed by atoms with Crippen molar-refractivity contribution in [3.63, 3.8) is 0 Å². The predicted octanol–water partition coefficient (Wildman–Crippen LogP) is 1.87. The highest BCUT2D eigenvalue weighted by Crippen LogP contribution is 2.24. The van der Waals surface area contributed by atoms with E-state index in [1.165, 1.54) is 0 Å². The van der Waals surface area contributed by atoms with E-state index in [0.29, 0.717) is 13.0 Å². The van der Waals surface area contributed by atoms with Gasteiger partial charge in [0.1, 0.15) is 0 Å². The third kappa shape index (κ3) is 4.18. The number of hydrogen-bond donors (Lipinski definition) is 2. The lowest BCUT2D eigenvalue weighted by Gasteiger charge is -2.31. The van der Waals surface area contributed by atoms with Gasteiger partial charge >= 0.3 is 12.0 Å². The zero-order chi connectivity index (χ0) is 15.2. The van der Waals surface area contributed by atoms with Crippen LogP contribution in [0.4, 0.5) is 4.79 Å². The van der Waals surface area contributed by atoms with Crippen molar-refractivity contribution < 1.29 is 14.7 Å². The number of amides is 2. The number of nitrogens with zero attached hydrogens (tertiary/aromatic N) is 2. The summed E-state index contributed by atoms with van der Waals surface area (Å²) in [7, 11) is 1.70. The van der Waals surface area contributed by atoms with Gasteiger partial charge in [0, 0.05) is 32.0 Å². The van der Waals surface area contributed by atoms with Crippen LogP contribution in [0.2, 0.25) is 0 Å². The van der Waals surface area contributed by atoms with E-state index >= 15 is 0 Å². The van der Waals surface area contributed by atoms with Gasteiger partial charge in [0.15, 0.2) is 0 Å². The van der Waals surface area contributed by atoms with Gasteiger partial charge in [0.2, 0.25) is 0 Å². The molecule has 1 aromatic heterocycles. The highest BCUT2D eigenvalue weighted by Gasteiger charge is 2.32. The summed E-state index contributed by atoms with van der Waals surface area (Å²) in [5, 5.41) is 12.1. The van der Waals surface area contributed by atoms with E-state index in [0.717, 1.165) is 24.8 Å². The number of carbonyl (C=O) groups is 2. The molecule has 1 heterocycles. The second-order valence-corrected chi connectivity index (χ2v) is 5.50. The molecule has 0 bridgehead atoms. The Morgan fingerprint density at radius 1 is 1.43 bits per heavy atom. The molecule has 0 spiro atoms. The second kappa shape index (κ2) is 7.06. The average Bonchev–Trinajstić information content (AvgIpc) is 2.48.